The Hall–Kier alpha value is -2.38. The first-order chi connectivity index (χ1) is 8.80. The fourth-order valence-corrected chi connectivity index (χ4v) is 1.66. The number of carbonyl (C=O) groups is 1. The van der Waals surface area contributed by atoms with Crippen molar-refractivity contribution in [1.29, 1.82) is 0 Å². The number of nitrogens with zero attached hydrogens (tertiary/aromatic N) is 2. The van der Waals surface area contributed by atoms with E-state index in [-0.39, 0.29) is 11.2 Å². The molecule has 0 bridgehead atoms. The molecule has 0 radical (unpaired) electrons. The summed E-state index contributed by atoms with van der Waals surface area (Å²) in [5.41, 5.74) is -2.70. The zero-order valence-electron chi connectivity index (χ0n) is 9.31. The predicted molar refractivity (Wildman–Crippen MR) is 57.8 cm³/mol. The molecule has 0 saturated heterocycles. The van der Waals surface area contributed by atoms with E-state index in [0.29, 0.717) is 4.40 Å². The van der Waals surface area contributed by atoms with E-state index in [1.165, 1.54) is 6.07 Å². The number of hydrogen-bond donors (Lipinski definition) is 1. The van der Waals surface area contributed by atoms with Crippen LogP contribution in [0.5, 0.6) is 0 Å². The van der Waals surface area contributed by atoms with Gasteiger partial charge in [-0.2, -0.15) is 13.2 Å². The number of halogens is 3. The zero-order chi connectivity index (χ0) is 14.2. The van der Waals surface area contributed by atoms with E-state index in [9.17, 15) is 22.8 Å². The average Bonchev–Trinajstić information content (AvgIpc) is 2.30. The molecule has 100 valence electrons. The molecular formula is C11H7F3N2O3. The zero-order valence-corrected chi connectivity index (χ0v) is 9.31. The van der Waals surface area contributed by atoms with Crippen molar-refractivity contribution >= 4 is 11.6 Å². The Balaban J connectivity index is 2.80. The normalized spacial score (nSPS) is 11.7. The molecule has 0 aliphatic carbocycles. The molecule has 0 aromatic carbocycles. The van der Waals surface area contributed by atoms with Gasteiger partial charge < -0.3 is 5.11 Å². The molecule has 0 amide bonds. The van der Waals surface area contributed by atoms with Gasteiger partial charge in [0.15, 0.2) is 0 Å². The fraction of sp³-hybridized carbons (Fsp3) is 0.182. The van der Waals surface area contributed by atoms with Gasteiger partial charge >= 0.3 is 12.1 Å². The second-order valence-electron chi connectivity index (χ2n) is 3.76. The van der Waals surface area contributed by atoms with Gasteiger partial charge in [-0.3, -0.25) is 14.0 Å². The summed E-state index contributed by atoms with van der Waals surface area (Å²) in [4.78, 5) is 26.1. The van der Waals surface area contributed by atoms with Crippen molar-refractivity contribution in [3.05, 3.63) is 46.0 Å². The number of alkyl halides is 3. The van der Waals surface area contributed by atoms with Crippen LogP contribution in [0.15, 0.2) is 29.2 Å². The van der Waals surface area contributed by atoms with Crippen LogP contribution in [0.3, 0.4) is 0 Å². The van der Waals surface area contributed by atoms with E-state index >= 15 is 0 Å². The second kappa shape index (κ2) is 4.38. The summed E-state index contributed by atoms with van der Waals surface area (Å²) < 4.78 is 38.7. The second-order valence-corrected chi connectivity index (χ2v) is 3.76. The lowest BCUT2D eigenvalue weighted by molar-refractivity contribution is -0.142. The SMILES string of the molecule is O=C(O)Cc1cnc2cccc(C(F)(F)F)n2c1=O. The first-order valence-corrected chi connectivity index (χ1v) is 5.09. The molecule has 0 spiro atoms. The fourth-order valence-electron chi connectivity index (χ4n) is 1.66. The third kappa shape index (κ3) is 2.42. The van der Waals surface area contributed by atoms with Crippen molar-refractivity contribution in [3.63, 3.8) is 0 Å². The van der Waals surface area contributed by atoms with Crippen LogP contribution < -0.4 is 5.56 Å². The smallest absolute Gasteiger partial charge is 0.431 e. The first kappa shape index (κ1) is 13.1. The number of carboxylic acid groups (broad SMARTS) is 1. The highest BCUT2D eigenvalue weighted by molar-refractivity contribution is 5.70. The number of aromatic nitrogens is 2. The highest BCUT2D eigenvalue weighted by Crippen LogP contribution is 2.28. The van der Waals surface area contributed by atoms with Crippen molar-refractivity contribution in [1.82, 2.24) is 9.38 Å². The molecule has 0 fully saturated rings. The summed E-state index contributed by atoms with van der Waals surface area (Å²) in [6.45, 7) is 0. The average molecular weight is 272 g/mol. The maximum absolute atomic E-state index is 12.8. The molecule has 2 aromatic rings. The maximum atomic E-state index is 12.8. The standard InChI is InChI=1S/C11H7F3N2O3/c12-11(13,14)7-2-1-3-8-15-5-6(4-9(17)18)10(19)16(7)8/h1-3,5H,4H2,(H,17,18). The van der Waals surface area contributed by atoms with Gasteiger partial charge in [0, 0.05) is 11.8 Å². The minimum atomic E-state index is -4.73. The summed E-state index contributed by atoms with van der Waals surface area (Å²) in [6, 6.07) is 3.10. The highest BCUT2D eigenvalue weighted by atomic mass is 19.4. The van der Waals surface area contributed by atoms with Crippen LogP contribution in [0, 0.1) is 0 Å². The van der Waals surface area contributed by atoms with Gasteiger partial charge in [0.2, 0.25) is 0 Å². The molecule has 1 N–H and O–H groups in total. The van der Waals surface area contributed by atoms with Crippen LogP contribution in [-0.2, 0) is 17.4 Å². The van der Waals surface area contributed by atoms with E-state index in [2.05, 4.69) is 4.98 Å². The molecule has 0 saturated carbocycles. The molecule has 0 atom stereocenters. The van der Waals surface area contributed by atoms with Crippen molar-refractivity contribution < 1.29 is 23.1 Å². The molecule has 0 aliphatic rings. The summed E-state index contributed by atoms with van der Waals surface area (Å²) in [5.74, 6) is -1.32. The minimum absolute atomic E-state index is 0.186. The lowest BCUT2D eigenvalue weighted by Crippen LogP contribution is -2.26. The van der Waals surface area contributed by atoms with Crippen molar-refractivity contribution in [2.75, 3.05) is 0 Å². The molecule has 0 unspecified atom stereocenters. The quantitative estimate of drug-likeness (QED) is 0.895. The number of carboxylic acids is 1. The van der Waals surface area contributed by atoms with Gasteiger partial charge in [-0.15, -0.1) is 0 Å². The summed E-state index contributed by atoms with van der Waals surface area (Å²) in [6.07, 6.45) is -4.43. The van der Waals surface area contributed by atoms with Crippen molar-refractivity contribution in [2.24, 2.45) is 0 Å². The van der Waals surface area contributed by atoms with Gasteiger partial charge in [0.25, 0.3) is 5.56 Å². The van der Waals surface area contributed by atoms with E-state index in [1.54, 1.807) is 0 Å². The Morgan fingerprint density at radius 2 is 2.05 bits per heavy atom. The topological polar surface area (TPSA) is 71.7 Å². The van der Waals surface area contributed by atoms with Crippen LogP contribution in [-0.4, -0.2) is 20.5 Å². The Morgan fingerprint density at radius 3 is 2.63 bits per heavy atom. The van der Waals surface area contributed by atoms with Crippen LogP contribution in [0.2, 0.25) is 0 Å². The van der Waals surface area contributed by atoms with Gasteiger partial charge in [0.1, 0.15) is 11.3 Å². The monoisotopic (exact) mass is 272 g/mol. The summed E-state index contributed by atoms with van der Waals surface area (Å²) in [5, 5.41) is 8.59. The Kier molecular flexibility index (Phi) is 3.01. The third-order valence-corrected chi connectivity index (χ3v) is 2.43. The predicted octanol–water partition coefficient (Wildman–Crippen LogP) is 1.34. The lowest BCUT2D eigenvalue weighted by Gasteiger charge is -2.11. The lowest BCUT2D eigenvalue weighted by atomic mass is 10.2. The van der Waals surface area contributed by atoms with Gasteiger partial charge in [-0.25, -0.2) is 4.98 Å². The molecule has 0 aliphatic heterocycles. The highest BCUT2D eigenvalue weighted by Gasteiger charge is 2.34. The Labute approximate surface area is 103 Å². The molecule has 19 heavy (non-hydrogen) atoms. The number of fused-ring (bicyclic) bond motifs is 1. The number of hydrogen-bond acceptors (Lipinski definition) is 3. The molecule has 8 heteroatoms. The van der Waals surface area contributed by atoms with Gasteiger partial charge in [-0.1, -0.05) is 6.07 Å². The largest absolute Gasteiger partial charge is 0.481 e. The third-order valence-electron chi connectivity index (χ3n) is 2.43. The minimum Gasteiger partial charge on any atom is -0.481 e. The van der Waals surface area contributed by atoms with Gasteiger partial charge in [0.05, 0.1) is 6.42 Å². The van der Waals surface area contributed by atoms with Crippen molar-refractivity contribution in [2.45, 2.75) is 12.6 Å². The van der Waals surface area contributed by atoms with Crippen LogP contribution in [0.1, 0.15) is 11.3 Å². The van der Waals surface area contributed by atoms with E-state index in [4.69, 9.17) is 5.11 Å². The Morgan fingerprint density at radius 1 is 1.37 bits per heavy atom. The number of pyridine rings is 1. The summed E-state index contributed by atoms with van der Waals surface area (Å²) >= 11 is 0. The molecule has 2 rings (SSSR count). The molecule has 2 aromatic heterocycles. The van der Waals surface area contributed by atoms with Crippen LogP contribution in [0.25, 0.3) is 5.65 Å². The maximum Gasteiger partial charge on any atom is 0.431 e. The van der Waals surface area contributed by atoms with Crippen LogP contribution in [0.4, 0.5) is 13.2 Å². The number of aliphatic carboxylic acids is 1. The first-order valence-electron chi connectivity index (χ1n) is 5.09. The van der Waals surface area contributed by atoms with E-state index < -0.39 is 29.8 Å². The van der Waals surface area contributed by atoms with Crippen molar-refractivity contribution in [3.8, 4) is 0 Å². The van der Waals surface area contributed by atoms with Gasteiger partial charge in [-0.05, 0) is 12.1 Å². The molecular weight excluding hydrogens is 265 g/mol. The Bertz CT molecular complexity index is 706. The van der Waals surface area contributed by atoms with Crippen LogP contribution >= 0.6 is 0 Å². The van der Waals surface area contributed by atoms with E-state index in [0.717, 1.165) is 18.3 Å². The number of rotatable bonds is 2. The molecule has 2 heterocycles. The van der Waals surface area contributed by atoms with E-state index in [1.807, 2.05) is 0 Å². The summed E-state index contributed by atoms with van der Waals surface area (Å²) in [7, 11) is 0. The molecule has 5 nitrogen and oxygen atoms in total.